The normalized spacial score (nSPS) is 12.4. The van der Waals surface area contributed by atoms with Crippen LogP contribution < -0.4 is 10.6 Å². The first-order chi connectivity index (χ1) is 9.58. The van der Waals surface area contributed by atoms with Crippen molar-refractivity contribution in [1.82, 2.24) is 20.6 Å². The zero-order valence-corrected chi connectivity index (χ0v) is 13.3. The number of nitrogens with one attached hydrogen (secondary N) is 3. The van der Waals surface area contributed by atoms with E-state index in [1.807, 2.05) is 13.8 Å². The van der Waals surface area contributed by atoms with E-state index < -0.39 is 0 Å². The average Bonchev–Trinajstić information content (AvgIpc) is 2.80. The second-order valence-corrected chi connectivity index (χ2v) is 5.31. The molecule has 0 radical (unpaired) electrons. The number of amides is 1. The smallest absolute Gasteiger partial charge is 0.236 e. The van der Waals surface area contributed by atoms with Crippen molar-refractivity contribution in [1.29, 1.82) is 0 Å². The Balaban J connectivity index is 2.44. The highest BCUT2D eigenvalue weighted by Gasteiger charge is 2.13. The second kappa shape index (κ2) is 8.97. The molecule has 6 heteroatoms. The predicted molar refractivity (Wildman–Crippen MR) is 81.8 cm³/mol. The van der Waals surface area contributed by atoms with Crippen molar-refractivity contribution in [3.8, 4) is 0 Å². The molecule has 1 unspecified atom stereocenters. The van der Waals surface area contributed by atoms with E-state index in [0.29, 0.717) is 18.2 Å². The molecule has 114 valence electrons. The molecule has 0 aliphatic carbocycles. The van der Waals surface area contributed by atoms with E-state index in [1.54, 1.807) is 0 Å². The van der Waals surface area contributed by atoms with E-state index in [0.717, 1.165) is 37.2 Å². The molecule has 0 fully saturated rings. The number of unbranched alkanes of at least 4 members (excludes halogenated alkanes) is 1. The third-order valence-corrected chi connectivity index (χ3v) is 3.38. The van der Waals surface area contributed by atoms with Gasteiger partial charge in [0.2, 0.25) is 5.91 Å². The van der Waals surface area contributed by atoms with E-state index in [4.69, 9.17) is 11.6 Å². The lowest BCUT2D eigenvalue weighted by Gasteiger charge is -2.13. The maximum atomic E-state index is 11.7. The molecule has 1 rings (SSSR count). The fourth-order valence-electron chi connectivity index (χ4n) is 1.77. The fourth-order valence-corrected chi connectivity index (χ4v) is 1.98. The van der Waals surface area contributed by atoms with Gasteiger partial charge in [0.05, 0.1) is 11.7 Å². The third kappa shape index (κ3) is 5.51. The summed E-state index contributed by atoms with van der Waals surface area (Å²) in [5.41, 5.74) is 0.841. The molecule has 0 spiro atoms. The summed E-state index contributed by atoms with van der Waals surface area (Å²) in [6.45, 7) is 7.23. The van der Waals surface area contributed by atoms with E-state index in [-0.39, 0.29) is 11.9 Å². The Hall–Kier alpha value is -1.07. The van der Waals surface area contributed by atoms with E-state index in [1.165, 1.54) is 0 Å². The number of hydrogen-bond donors (Lipinski definition) is 3. The number of halogens is 1. The lowest BCUT2D eigenvalue weighted by atomic mass is 10.2. The Labute approximate surface area is 125 Å². The first-order valence-corrected chi connectivity index (χ1v) is 7.70. The van der Waals surface area contributed by atoms with Crippen LogP contribution in [0.2, 0.25) is 5.15 Å². The van der Waals surface area contributed by atoms with Crippen molar-refractivity contribution in [3.63, 3.8) is 0 Å². The number of imidazole rings is 1. The molecule has 1 amide bonds. The van der Waals surface area contributed by atoms with Gasteiger partial charge in [0.1, 0.15) is 5.82 Å². The fraction of sp³-hybridized carbons (Fsp3) is 0.714. The third-order valence-electron chi connectivity index (χ3n) is 3.07. The summed E-state index contributed by atoms with van der Waals surface area (Å²) >= 11 is 6.09. The predicted octanol–water partition coefficient (Wildman–Crippen LogP) is 2.41. The molecule has 0 aromatic carbocycles. The highest BCUT2D eigenvalue weighted by molar-refractivity contribution is 6.30. The quantitative estimate of drug-likeness (QED) is 0.656. The van der Waals surface area contributed by atoms with E-state index >= 15 is 0 Å². The number of H-pyrrole nitrogens is 1. The number of rotatable bonds is 9. The molecule has 1 aromatic heterocycles. The number of aromatic nitrogens is 2. The van der Waals surface area contributed by atoms with Gasteiger partial charge in [0, 0.05) is 19.5 Å². The lowest BCUT2D eigenvalue weighted by Crippen LogP contribution is -2.42. The molecule has 5 nitrogen and oxygen atoms in total. The molecule has 0 saturated carbocycles. The Morgan fingerprint density at radius 2 is 2.15 bits per heavy atom. The standard InChI is InChI=1S/C14H25ClN4O/c1-4-6-7-12-18-11(13(15)19-12)9-17-10(3)14(20)16-8-5-2/h10,17H,4-9H2,1-3H3,(H,16,20)(H,18,19). The Morgan fingerprint density at radius 3 is 2.80 bits per heavy atom. The molecule has 1 atom stereocenters. The number of carbonyl (C=O) groups excluding carboxylic acids is 1. The molecule has 1 heterocycles. The minimum atomic E-state index is -0.250. The van der Waals surface area contributed by atoms with Crippen molar-refractivity contribution in [2.45, 2.75) is 59.0 Å². The number of carbonyl (C=O) groups is 1. The van der Waals surface area contributed by atoms with E-state index in [2.05, 4.69) is 27.5 Å². The van der Waals surface area contributed by atoms with Gasteiger partial charge in [-0.1, -0.05) is 31.9 Å². The minimum absolute atomic E-state index is 0.00805. The van der Waals surface area contributed by atoms with Crippen LogP contribution in [0, 0.1) is 0 Å². The molecule has 20 heavy (non-hydrogen) atoms. The molecule has 0 bridgehead atoms. The van der Waals surface area contributed by atoms with Crippen LogP contribution in [0.15, 0.2) is 0 Å². The van der Waals surface area contributed by atoms with Crippen molar-refractivity contribution in [2.24, 2.45) is 0 Å². The van der Waals surface area contributed by atoms with Gasteiger partial charge in [-0.25, -0.2) is 4.98 Å². The molecule has 1 aromatic rings. The largest absolute Gasteiger partial charge is 0.355 e. The number of aromatic amines is 1. The summed E-state index contributed by atoms with van der Waals surface area (Å²) < 4.78 is 0. The summed E-state index contributed by atoms with van der Waals surface area (Å²) in [5, 5.41) is 6.50. The number of aryl methyl sites for hydroxylation is 1. The highest BCUT2D eigenvalue weighted by atomic mass is 35.5. The summed E-state index contributed by atoms with van der Waals surface area (Å²) in [7, 11) is 0. The second-order valence-electron chi connectivity index (χ2n) is 4.95. The van der Waals surface area contributed by atoms with Crippen LogP contribution in [-0.2, 0) is 17.8 Å². The van der Waals surface area contributed by atoms with Gasteiger partial charge in [0.15, 0.2) is 5.15 Å². The highest BCUT2D eigenvalue weighted by Crippen LogP contribution is 2.14. The van der Waals surface area contributed by atoms with Crippen LogP contribution in [0.4, 0.5) is 0 Å². The van der Waals surface area contributed by atoms with Crippen LogP contribution in [0.25, 0.3) is 0 Å². The molecule has 0 aliphatic rings. The molecule has 0 saturated heterocycles. The summed E-state index contributed by atoms with van der Waals surface area (Å²) in [5.74, 6) is 0.922. The van der Waals surface area contributed by atoms with Crippen molar-refractivity contribution < 1.29 is 4.79 Å². The van der Waals surface area contributed by atoms with Crippen molar-refractivity contribution in [2.75, 3.05) is 6.54 Å². The van der Waals surface area contributed by atoms with Gasteiger partial charge in [-0.3, -0.25) is 4.79 Å². The van der Waals surface area contributed by atoms with E-state index in [9.17, 15) is 4.79 Å². The summed E-state index contributed by atoms with van der Waals surface area (Å²) in [4.78, 5) is 19.2. The van der Waals surface area contributed by atoms with Crippen LogP contribution in [0.3, 0.4) is 0 Å². The SMILES string of the molecule is CCCCc1nc(Cl)c(CNC(C)C(=O)NCCC)[nH]1. The van der Waals surface area contributed by atoms with Gasteiger partial charge in [0.25, 0.3) is 0 Å². The van der Waals surface area contributed by atoms with Gasteiger partial charge < -0.3 is 15.6 Å². The Morgan fingerprint density at radius 1 is 1.40 bits per heavy atom. The number of hydrogen-bond acceptors (Lipinski definition) is 3. The van der Waals surface area contributed by atoms with Crippen LogP contribution in [0.1, 0.15) is 51.6 Å². The van der Waals surface area contributed by atoms with Crippen molar-refractivity contribution in [3.05, 3.63) is 16.7 Å². The van der Waals surface area contributed by atoms with Gasteiger partial charge in [-0.2, -0.15) is 0 Å². The topological polar surface area (TPSA) is 69.8 Å². The Bertz CT molecular complexity index is 419. The zero-order valence-electron chi connectivity index (χ0n) is 12.6. The maximum Gasteiger partial charge on any atom is 0.236 e. The van der Waals surface area contributed by atoms with Crippen LogP contribution >= 0.6 is 11.6 Å². The molecular formula is C14H25ClN4O. The first kappa shape index (κ1) is 17.0. The lowest BCUT2D eigenvalue weighted by molar-refractivity contribution is -0.122. The van der Waals surface area contributed by atoms with Gasteiger partial charge in [-0.05, 0) is 19.8 Å². The summed E-state index contributed by atoms with van der Waals surface area (Å²) in [6.07, 6.45) is 4.06. The summed E-state index contributed by atoms with van der Waals surface area (Å²) in [6, 6.07) is -0.250. The maximum absolute atomic E-state index is 11.7. The number of nitrogens with zero attached hydrogens (tertiary/aromatic N) is 1. The molecule has 0 aliphatic heterocycles. The van der Waals surface area contributed by atoms with Crippen molar-refractivity contribution >= 4 is 17.5 Å². The zero-order chi connectivity index (χ0) is 15.0. The monoisotopic (exact) mass is 300 g/mol. The Kier molecular flexibility index (Phi) is 7.62. The minimum Gasteiger partial charge on any atom is -0.355 e. The van der Waals surface area contributed by atoms with Gasteiger partial charge >= 0.3 is 0 Å². The molecular weight excluding hydrogens is 276 g/mol. The molecule has 3 N–H and O–H groups in total. The van der Waals surface area contributed by atoms with Gasteiger partial charge in [-0.15, -0.1) is 0 Å². The van der Waals surface area contributed by atoms with Crippen LogP contribution in [-0.4, -0.2) is 28.5 Å². The van der Waals surface area contributed by atoms with Crippen LogP contribution in [0.5, 0.6) is 0 Å². The average molecular weight is 301 g/mol. The first-order valence-electron chi connectivity index (χ1n) is 7.32.